The first-order chi connectivity index (χ1) is 14.1. The first-order valence-electron chi connectivity index (χ1n) is 9.86. The van der Waals surface area contributed by atoms with Crippen LogP contribution in [0.2, 0.25) is 0 Å². The van der Waals surface area contributed by atoms with Crippen molar-refractivity contribution >= 4 is 27.2 Å². The van der Waals surface area contributed by atoms with Crippen LogP contribution in [0.15, 0.2) is 38.8 Å². The molecule has 1 amide bonds. The van der Waals surface area contributed by atoms with E-state index in [1.165, 1.54) is 33.7 Å². The number of carbonyl (C=O) groups is 1. The minimum atomic E-state index is -3.51. The van der Waals surface area contributed by atoms with Crippen molar-refractivity contribution in [3.05, 3.63) is 50.7 Å². The Balaban J connectivity index is 2.62. The second-order valence-corrected chi connectivity index (χ2v) is 9.12. The van der Waals surface area contributed by atoms with Gasteiger partial charge in [-0.3, -0.25) is 19.1 Å². The van der Waals surface area contributed by atoms with E-state index in [4.69, 9.17) is 5.73 Å². The standard InChI is InChI=1S/C20H28N4O5S/c1-4-6-11-23(19(26)14-9-8-10-15(13-14)30(3,28)29)16-17(21)24(12-7-5-2)20(27)22-18(16)25/h8-10,13H,4-7,11-12,21H2,1-3H3,(H,22,25,27). The average molecular weight is 437 g/mol. The maximum atomic E-state index is 13.3. The number of sulfone groups is 1. The minimum Gasteiger partial charge on any atom is -0.383 e. The van der Waals surface area contributed by atoms with Gasteiger partial charge < -0.3 is 10.6 Å². The maximum absolute atomic E-state index is 13.3. The highest BCUT2D eigenvalue weighted by Crippen LogP contribution is 2.22. The van der Waals surface area contributed by atoms with Gasteiger partial charge in [-0.15, -0.1) is 0 Å². The van der Waals surface area contributed by atoms with E-state index in [1.807, 2.05) is 13.8 Å². The number of hydrogen-bond acceptors (Lipinski definition) is 6. The van der Waals surface area contributed by atoms with Gasteiger partial charge in [-0.25, -0.2) is 13.2 Å². The molecule has 0 radical (unpaired) electrons. The fourth-order valence-corrected chi connectivity index (χ4v) is 3.69. The monoisotopic (exact) mass is 436 g/mol. The van der Waals surface area contributed by atoms with Crippen LogP contribution in [-0.4, -0.2) is 36.7 Å². The molecule has 30 heavy (non-hydrogen) atoms. The van der Waals surface area contributed by atoms with Crippen LogP contribution in [0.3, 0.4) is 0 Å². The highest BCUT2D eigenvalue weighted by Gasteiger charge is 2.25. The summed E-state index contributed by atoms with van der Waals surface area (Å²) in [5.74, 6) is -0.646. The Hall–Kier alpha value is -2.88. The third kappa shape index (κ3) is 5.18. The third-order valence-corrected chi connectivity index (χ3v) is 5.82. The fraction of sp³-hybridized carbons (Fsp3) is 0.450. The zero-order valence-corrected chi connectivity index (χ0v) is 18.3. The molecule has 2 rings (SSSR count). The smallest absolute Gasteiger partial charge is 0.330 e. The zero-order chi connectivity index (χ0) is 22.5. The molecule has 0 aliphatic carbocycles. The van der Waals surface area contributed by atoms with Crippen LogP contribution in [-0.2, 0) is 16.4 Å². The second kappa shape index (κ2) is 9.75. The molecule has 0 atom stereocenters. The van der Waals surface area contributed by atoms with E-state index in [-0.39, 0.29) is 28.5 Å². The summed E-state index contributed by atoms with van der Waals surface area (Å²) < 4.78 is 25.0. The number of carbonyl (C=O) groups excluding carboxylic acids is 1. The summed E-state index contributed by atoms with van der Waals surface area (Å²) in [6.07, 6.45) is 3.88. The van der Waals surface area contributed by atoms with Gasteiger partial charge >= 0.3 is 5.69 Å². The summed E-state index contributed by atoms with van der Waals surface area (Å²) in [7, 11) is -3.51. The van der Waals surface area contributed by atoms with E-state index in [1.54, 1.807) is 0 Å². The molecule has 3 N–H and O–H groups in total. The van der Waals surface area contributed by atoms with Gasteiger partial charge in [-0.1, -0.05) is 32.8 Å². The number of unbranched alkanes of at least 4 members (excludes halogenated alkanes) is 2. The SMILES string of the molecule is CCCCN(C(=O)c1cccc(S(C)(=O)=O)c1)c1c(N)n(CCCC)c(=O)[nH]c1=O. The van der Waals surface area contributed by atoms with Crippen LogP contribution < -0.4 is 21.9 Å². The number of H-pyrrole nitrogens is 1. The van der Waals surface area contributed by atoms with Crippen LogP contribution >= 0.6 is 0 Å². The molecule has 0 aliphatic rings. The molecule has 0 fully saturated rings. The normalized spacial score (nSPS) is 11.4. The summed E-state index contributed by atoms with van der Waals surface area (Å²) >= 11 is 0. The van der Waals surface area contributed by atoms with Gasteiger partial charge in [0.2, 0.25) is 0 Å². The number of amides is 1. The largest absolute Gasteiger partial charge is 0.383 e. The van der Waals surface area contributed by atoms with Crippen molar-refractivity contribution < 1.29 is 13.2 Å². The van der Waals surface area contributed by atoms with E-state index in [9.17, 15) is 22.8 Å². The van der Waals surface area contributed by atoms with Crippen LogP contribution in [0.1, 0.15) is 49.9 Å². The minimum absolute atomic E-state index is 0.00131. The molecule has 1 aromatic carbocycles. The predicted molar refractivity (Wildman–Crippen MR) is 117 cm³/mol. The molecular weight excluding hydrogens is 408 g/mol. The van der Waals surface area contributed by atoms with Crippen LogP contribution in [0.25, 0.3) is 0 Å². The van der Waals surface area contributed by atoms with Crippen LogP contribution in [0.5, 0.6) is 0 Å². The first-order valence-corrected chi connectivity index (χ1v) is 11.8. The number of benzene rings is 1. The van der Waals surface area contributed by atoms with Crippen molar-refractivity contribution in [2.24, 2.45) is 0 Å². The Morgan fingerprint density at radius 3 is 2.43 bits per heavy atom. The van der Waals surface area contributed by atoms with Crippen LogP contribution in [0, 0.1) is 0 Å². The first kappa shape index (κ1) is 23.4. The van der Waals surface area contributed by atoms with Crippen molar-refractivity contribution in [1.82, 2.24) is 9.55 Å². The Morgan fingerprint density at radius 1 is 1.17 bits per heavy atom. The molecule has 0 unspecified atom stereocenters. The van der Waals surface area contributed by atoms with E-state index in [0.29, 0.717) is 19.4 Å². The zero-order valence-electron chi connectivity index (χ0n) is 17.5. The van der Waals surface area contributed by atoms with E-state index >= 15 is 0 Å². The lowest BCUT2D eigenvalue weighted by Crippen LogP contribution is -2.41. The molecule has 0 spiro atoms. The molecule has 2 aromatic rings. The number of rotatable bonds is 9. The Labute approximate surface area is 175 Å². The molecule has 9 nitrogen and oxygen atoms in total. The quantitative estimate of drug-likeness (QED) is 0.615. The summed E-state index contributed by atoms with van der Waals surface area (Å²) in [5, 5.41) is 0. The summed E-state index contributed by atoms with van der Waals surface area (Å²) in [5.41, 5.74) is 4.79. The fourth-order valence-electron chi connectivity index (χ4n) is 3.02. The molecular formula is C20H28N4O5S. The lowest BCUT2D eigenvalue weighted by molar-refractivity contribution is 0.0986. The van der Waals surface area contributed by atoms with Gasteiger partial charge in [0, 0.05) is 24.9 Å². The second-order valence-electron chi connectivity index (χ2n) is 7.11. The molecule has 1 aromatic heterocycles. The summed E-state index contributed by atoms with van der Waals surface area (Å²) in [4.78, 5) is 41.6. The number of anilines is 2. The van der Waals surface area contributed by atoms with E-state index < -0.39 is 27.0 Å². The topological polar surface area (TPSA) is 135 Å². The number of aromatic nitrogens is 2. The summed E-state index contributed by atoms with van der Waals surface area (Å²) in [6.45, 7) is 4.39. The maximum Gasteiger partial charge on any atom is 0.330 e. The summed E-state index contributed by atoms with van der Waals surface area (Å²) in [6, 6.07) is 5.62. The number of aromatic amines is 1. The van der Waals surface area contributed by atoms with Gasteiger partial charge in [-0.2, -0.15) is 0 Å². The lowest BCUT2D eigenvalue weighted by Gasteiger charge is -2.24. The number of hydrogen-bond donors (Lipinski definition) is 2. The number of nitrogens with zero attached hydrogens (tertiary/aromatic N) is 2. The third-order valence-electron chi connectivity index (χ3n) is 4.71. The highest BCUT2D eigenvalue weighted by molar-refractivity contribution is 7.90. The van der Waals surface area contributed by atoms with Gasteiger partial charge in [0.25, 0.3) is 11.5 Å². The number of nitrogen functional groups attached to an aromatic ring is 1. The Morgan fingerprint density at radius 2 is 1.83 bits per heavy atom. The Bertz CT molecular complexity index is 1130. The van der Waals surface area contributed by atoms with Crippen molar-refractivity contribution in [2.45, 2.75) is 51.0 Å². The highest BCUT2D eigenvalue weighted by atomic mass is 32.2. The average Bonchev–Trinajstić information content (AvgIpc) is 2.69. The van der Waals surface area contributed by atoms with Crippen molar-refractivity contribution in [3.63, 3.8) is 0 Å². The van der Waals surface area contributed by atoms with Gasteiger partial charge in [-0.05, 0) is 31.0 Å². The molecule has 0 bridgehead atoms. The van der Waals surface area contributed by atoms with Crippen LogP contribution in [0.4, 0.5) is 11.5 Å². The lowest BCUT2D eigenvalue weighted by atomic mass is 10.1. The molecule has 0 saturated heterocycles. The van der Waals surface area contributed by atoms with E-state index in [0.717, 1.165) is 19.1 Å². The van der Waals surface area contributed by atoms with Gasteiger partial charge in [0.1, 0.15) is 5.82 Å². The van der Waals surface area contributed by atoms with Crippen molar-refractivity contribution in [3.8, 4) is 0 Å². The molecule has 1 heterocycles. The van der Waals surface area contributed by atoms with Crippen molar-refractivity contribution in [1.29, 1.82) is 0 Å². The Kier molecular flexibility index (Phi) is 7.60. The number of nitrogens with one attached hydrogen (secondary N) is 1. The molecule has 0 saturated carbocycles. The van der Waals surface area contributed by atoms with E-state index in [2.05, 4.69) is 4.98 Å². The van der Waals surface area contributed by atoms with Gasteiger partial charge in [0.15, 0.2) is 15.5 Å². The predicted octanol–water partition coefficient (Wildman–Crippen LogP) is 1.77. The van der Waals surface area contributed by atoms with Crippen molar-refractivity contribution in [2.75, 3.05) is 23.4 Å². The molecule has 0 aliphatic heterocycles. The van der Waals surface area contributed by atoms with Gasteiger partial charge in [0.05, 0.1) is 4.90 Å². The molecule has 164 valence electrons. The number of nitrogens with two attached hydrogens (primary N) is 1. The molecule has 10 heteroatoms.